The second-order valence-electron chi connectivity index (χ2n) is 2.69. The van der Waals surface area contributed by atoms with Crippen molar-refractivity contribution in [3.63, 3.8) is 0 Å². The highest BCUT2D eigenvalue weighted by Crippen LogP contribution is 2.20. The smallest absolute Gasteiger partial charge is 0.266 e. The second kappa shape index (κ2) is 3.47. The van der Waals surface area contributed by atoms with Gasteiger partial charge in [-0.3, -0.25) is 0 Å². The Kier molecular flexibility index (Phi) is 2.55. The fourth-order valence-electron chi connectivity index (χ4n) is 1.11. The number of rotatable bonds is 2. The van der Waals surface area contributed by atoms with Gasteiger partial charge in [-0.25, -0.2) is 4.73 Å². The molecule has 1 rings (SSSR count). The van der Waals surface area contributed by atoms with Crippen molar-refractivity contribution in [2.75, 3.05) is 12.3 Å². The average Bonchev–Trinajstić information content (AvgIpc) is 2.09. The van der Waals surface area contributed by atoms with Crippen LogP contribution in [0.2, 0.25) is 0 Å². The molecule has 0 radical (unpaired) electrons. The Balaban J connectivity index is 3.26. The maximum atomic E-state index is 11.3. The minimum absolute atomic E-state index is 0.0758. The highest BCUT2D eigenvalue weighted by atomic mass is 16.5. The Morgan fingerprint density at radius 3 is 2.69 bits per heavy atom. The number of hydrogen-bond acceptors (Lipinski definition) is 4. The van der Waals surface area contributed by atoms with Crippen LogP contribution in [0.4, 0.5) is 5.82 Å². The summed E-state index contributed by atoms with van der Waals surface area (Å²) in [5, 5.41) is 11.3. The molecule has 2 N–H and O–H groups in total. The van der Waals surface area contributed by atoms with Gasteiger partial charge in [-0.15, -0.1) is 4.98 Å². The molecule has 0 fully saturated rings. The number of nitrogens with zero attached hydrogens (tertiary/aromatic N) is 2. The van der Waals surface area contributed by atoms with Crippen molar-refractivity contribution >= 4 is 5.82 Å². The lowest BCUT2D eigenvalue weighted by atomic mass is 10.3. The van der Waals surface area contributed by atoms with Gasteiger partial charge in [0, 0.05) is 6.92 Å². The van der Waals surface area contributed by atoms with E-state index in [0.717, 1.165) is 0 Å². The first-order valence-corrected chi connectivity index (χ1v) is 4.07. The third-order valence-corrected chi connectivity index (χ3v) is 1.69. The van der Waals surface area contributed by atoms with Crippen molar-refractivity contribution < 1.29 is 9.47 Å². The van der Waals surface area contributed by atoms with Gasteiger partial charge in [0.25, 0.3) is 5.82 Å². The summed E-state index contributed by atoms with van der Waals surface area (Å²) in [5.41, 5.74) is 6.20. The molecule has 0 aromatic carbocycles. The summed E-state index contributed by atoms with van der Waals surface area (Å²) in [5.74, 6) is 0.786. The molecule has 5 nitrogen and oxygen atoms in total. The molecule has 0 saturated heterocycles. The quantitative estimate of drug-likeness (QED) is 0.529. The predicted octanol–water partition coefficient (Wildman–Crippen LogP) is 0.313. The molecule has 1 aromatic rings. The van der Waals surface area contributed by atoms with E-state index < -0.39 is 0 Å². The van der Waals surface area contributed by atoms with E-state index in [1.54, 1.807) is 13.8 Å². The molecule has 0 aliphatic rings. The minimum atomic E-state index is 0.0758. The van der Waals surface area contributed by atoms with Crippen LogP contribution in [0.3, 0.4) is 0 Å². The first-order valence-electron chi connectivity index (χ1n) is 4.07. The van der Waals surface area contributed by atoms with E-state index >= 15 is 0 Å². The van der Waals surface area contributed by atoms with Crippen molar-refractivity contribution in [3.05, 3.63) is 16.7 Å². The Morgan fingerprint density at radius 1 is 1.54 bits per heavy atom. The first-order chi connectivity index (χ1) is 6.07. The maximum absolute atomic E-state index is 11.3. The molecule has 0 atom stereocenters. The molecule has 0 amide bonds. The Hall–Kier alpha value is -1.52. The third kappa shape index (κ3) is 1.63. The van der Waals surface area contributed by atoms with Crippen LogP contribution in [0.15, 0.2) is 0 Å². The van der Waals surface area contributed by atoms with Gasteiger partial charge in [-0.05, 0) is 13.8 Å². The van der Waals surface area contributed by atoms with Gasteiger partial charge in [-0.1, -0.05) is 0 Å². The fraction of sp³-hybridized carbons (Fsp3) is 0.500. The molecular formula is C8H13N3O2. The number of ether oxygens (including phenoxy) is 1. The molecule has 0 saturated carbocycles. The normalized spacial score (nSPS) is 10.1. The average molecular weight is 183 g/mol. The summed E-state index contributed by atoms with van der Waals surface area (Å²) in [6.45, 7) is 5.66. The third-order valence-electron chi connectivity index (χ3n) is 1.69. The maximum Gasteiger partial charge on any atom is 0.266 e. The van der Waals surface area contributed by atoms with Crippen LogP contribution < -0.4 is 15.2 Å². The van der Waals surface area contributed by atoms with Crippen LogP contribution >= 0.6 is 0 Å². The number of nitrogens with two attached hydrogens (primary N) is 1. The van der Waals surface area contributed by atoms with E-state index in [4.69, 9.17) is 10.5 Å². The Bertz CT molecular complexity index is 326. The molecule has 0 aliphatic heterocycles. The molecule has 0 unspecified atom stereocenters. The summed E-state index contributed by atoms with van der Waals surface area (Å²) >= 11 is 0. The summed E-state index contributed by atoms with van der Waals surface area (Å²) < 4.78 is 5.76. The fourth-order valence-corrected chi connectivity index (χ4v) is 1.11. The Morgan fingerprint density at radius 2 is 2.15 bits per heavy atom. The van der Waals surface area contributed by atoms with E-state index in [2.05, 4.69) is 4.98 Å². The largest absolute Gasteiger partial charge is 0.740 e. The first kappa shape index (κ1) is 9.57. The number of aromatic nitrogens is 2. The van der Waals surface area contributed by atoms with Gasteiger partial charge in [0.05, 0.1) is 6.61 Å². The van der Waals surface area contributed by atoms with Crippen molar-refractivity contribution in [2.24, 2.45) is 0 Å². The zero-order chi connectivity index (χ0) is 10.0. The molecule has 1 aromatic heterocycles. The number of aryl methyl sites for hydroxylation is 2. The molecular weight excluding hydrogens is 170 g/mol. The van der Waals surface area contributed by atoms with Gasteiger partial charge >= 0.3 is 0 Å². The van der Waals surface area contributed by atoms with E-state index in [9.17, 15) is 5.21 Å². The summed E-state index contributed by atoms with van der Waals surface area (Å²) in [6, 6.07) is 0. The SMILES string of the molecule is CCOc1c(C)nc(C)[n+]([O-])c1N. The molecule has 1 heterocycles. The van der Waals surface area contributed by atoms with Gasteiger partial charge in [0.2, 0.25) is 11.6 Å². The van der Waals surface area contributed by atoms with Crippen molar-refractivity contribution in [2.45, 2.75) is 20.8 Å². The number of anilines is 1. The molecule has 5 heteroatoms. The van der Waals surface area contributed by atoms with Crippen LogP contribution in [0, 0.1) is 19.1 Å². The molecule has 13 heavy (non-hydrogen) atoms. The summed E-state index contributed by atoms with van der Waals surface area (Å²) in [6.07, 6.45) is 0. The van der Waals surface area contributed by atoms with Gasteiger partial charge in [0.1, 0.15) is 0 Å². The van der Waals surface area contributed by atoms with Crippen molar-refractivity contribution in [3.8, 4) is 5.75 Å². The predicted molar refractivity (Wildman–Crippen MR) is 48.3 cm³/mol. The number of hydrogen-bond donors (Lipinski definition) is 1. The molecule has 72 valence electrons. The highest BCUT2D eigenvalue weighted by Gasteiger charge is 2.15. The lowest BCUT2D eigenvalue weighted by Gasteiger charge is -2.13. The minimum Gasteiger partial charge on any atom is -0.740 e. The van der Waals surface area contributed by atoms with Crippen LogP contribution in [-0.4, -0.2) is 11.6 Å². The monoisotopic (exact) mass is 183 g/mol. The molecule has 0 spiro atoms. The topological polar surface area (TPSA) is 75.1 Å². The zero-order valence-electron chi connectivity index (χ0n) is 8.00. The van der Waals surface area contributed by atoms with Crippen LogP contribution in [0.5, 0.6) is 5.75 Å². The zero-order valence-corrected chi connectivity index (χ0v) is 8.00. The van der Waals surface area contributed by atoms with Crippen molar-refractivity contribution in [1.82, 2.24) is 4.98 Å². The lowest BCUT2D eigenvalue weighted by Crippen LogP contribution is -2.36. The van der Waals surface area contributed by atoms with E-state index in [-0.39, 0.29) is 5.82 Å². The van der Waals surface area contributed by atoms with Gasteiger partial charge in [0.15, 0.2) is 5.69 Å². The van der Waals surface area contributed by atoms with Crippen LogP contribution in [0.1, 0.15) is 18.4 Å². The van der Waals surface area contributed by atoms with E-state index in [0.29, 0.717) is 28.6 Å². The summed E-state index contributed by atoms with van der Waals surface area (Å²) in [4.78, 5) is 4.00. The van der Waals surface area contributed by atoms with E-state index in [1.165, 1.54) is 0 Å². The second-order valence-corrected chi connectivity index (χ2v) is 2.69. The van der Waals surface area contributed by atoms with Crippen LogP contribution in [-0.2, 0) is 0 Å². The van der Waals surface area contributed by atoms with Gasteiger partial charge in [-0.2, -0.15) is 0 Å². The lowest BCUT2D eigenvalue weighted by molar-refractivity contribution is -0.601. The number of nitrogen functional groups attached to an aromatic ring is 1. The molecule has 0 bridgehead atoms. The standard InChI is InChI=1S/C8H13N3O2/c1-4-13-7-5(2)10-6(3)11(12)8(7)9/h4,9H2,1-3H3. The summed E-state index contributed by atoms with van der Waals surface area (Å²) in [7, 11) is 0. The van der Waals surface area contributed by atoms with Gasteiger partial charge < -0.3 is 15.7 Å². The van der Waals surface area contributed by atoms with Crippen LogP contribution in [0.25, 0.3) is 0 Å². The molecule has 0 aliphatic carbocycles. The van der Waals surface area contributed by atoms with Crippen molar-refractivity contribution in [1.29, 1.82) is 0 Å². The van der Waals surface area contributed by atoms with E-state index in [1.807, 2.05) is 6.92 Å². The Labute approximate surface area is 76.7 Å². The highest BCUT2D eigenvalue weighted by molar-refractivity contribution is 5.44.